The molecule has 4 aliphatic heterocycles. The number of halogens is 3. The van der Waals surface area contributed by atoms with Gasteiger partial charge in [-0.1, -0.05) is 18.2 Å². The number of ether oxygens (including phenoxy) is 1. The first kappa shape index (κ1) is 28.3. The molecule has 2 fully saturated rings. The molecule has 12 heteroatoms. The summed E-state index contributed by atoms with van der Waals surface area (Å²) >= 11 is 6.81. The zero-order valence-electron chi connectivity index (χ0n) is 24.7. The van der Waals surface area contributed by atoms with Gasteiger partial charge in [-0.15, -0.1) is 0 Å². The van der Waals surface area contributed by atoms with Crippen molar-refractivity contribution in [2.45, 2.75) is 44.0 Å². The van der Waals surface area contributed by atoms with E-state index >= 15 is 8.78 Å². The summed E-state index contributed by atoms with van der Waals surface area (Å²) in [4.78, 5) is 39.2. The number of hydrogen-bond donors (Lipinski definition) is 0. The molecule has 0 saturated carbocycles. The number of aromatic nitrogens is 1. The van der Waals surface area contributed by atoms with E-state index in [1.54, 1.807) is 28.0 Å². The van der Waals surface area contributed by atoms with Crippen LogP contribution in [0.3, 0.4) is 0 Å². The molecule has 0 unspecified atom stereocenters. The number of rotatable bonds is 3. The highest BCUT2D eigenvalue weighted by Crippen LogP contribution is 2.52. The molecule has 2 aromatic carbocycles. The predicted molar refractivity (Wildman–Crippen MR) is 167 cm³/mol. The lowest BCUT2D eigenvalue weighted by molar-refractivity contribution is -0.131. The Kier molecular flexibility index (Phi) is 6.37. The topological polar surface area (TPSA) is 82.4 Å². The number of likely N-dealkylation sites (tertiary alicyclic amines) is 1. The van der Waals surface area contributed by atoms with E-state index in [0.717, 1.165) is 19.4 Å². The molecule has 232 valence electrons. The van der Waals surface area contributed by atoms with Crippen molar-refractivity contribution < 1.29 is 27.5 Å². The maximum atomic E-state index is 16.9. The second-order valence-electron chi connectivity index (χ2n) is 12.3. The van der Waals surface area contributed by atoms with Gasteiger partial charge in [-0.05, 0) is 63.7 Å². The van der Waals surface area contributed by atoms with Gasteiger partial charge in [0.15, 0.2) is 5.82 Å². The predicted octanol–water partition coefficient (Wildman–Crippen LogP) is 5.37. The fraction of sp³-hybridized carbons (Fsp3) is 0.364. The van der Waals surface area contributed by atoms with E-state index in [0.29, 0.717) is 28.7 Å². The quantitative estimate of drug-likeness (QED) is 0.281. The lowest BCUT2D eigenvalue weighted by Gasteiger charge is -2.52. The van der Waals surface area contributed by atoms with Crippen molar-refractivity contribution in [2.75, 3.05) is 43.0 Å². The van der Waals surface area contributed by atoms with Gasteiger partial charge in [0.25, 0.3) is 5.91 Å². The minimum absolute atomic E-state index is 0.0310. The number of piperazine rings is 1. The molecule has 2 amide bonds. The van der Waals surface area contributed by atoms with Gasteiger partial charge < -0.3 is 23.9 Å². The van der Waals surface area contributed by atoms with Crippen LogP contribution in [0.5, 0.6) is 5.88 Å². The molecule has 0 aliphatic carbocycles. The van der Waals surface area contributed by atoms with E-state index < -0.39 is 23.8 Å². The van der Waals surface area contributed by atoms with Crippen molar-refractivity contribution in [2.24, 2.45) is 0 Å². The number of carbonyl (C=O) groups is 2. The summed E-state index contributed by atoms with van der Waals surface area (Å²) in [6.45, 7) is 7.15. The van der Waals surface area contributed by atoms with Gasteiger partial charge in [-0.25, -0.2) is 13.8 Å². The Morgan fingerprint density at radius 1 is 1.16 bits per heavy atom. The number of furan rings is 1. The third-order valence-corrected chi connectivity index (χ3v) is 10.1. The molecule has 6 heterocycles. The molecule has 0 spiro atoms. The summed E-state index contributed by atoms with van der Waals surface area (Å²) in [7, 11) is 2.02. The lowest BCUT2D eigenvalue weighted by atomic mass is 9.94. The van der Waals surface area contributed by atoms with Crippen LogP contribution in [0.4, 0.5) is 20.2 Å². The van der Waals surface area contributed by atoms with Crippen molar-refractivity contribution in [1.29, 1.82) is 0 Å². The maximum absolute atomic E-state index is 16.9. The van der Waals surface area contributed by atoms with Gasteiger partial charge in [0, 0.05) is 35.0 Å². The van der Waals surface area contributed by atoms with Crippen molar-refractivity contribution in [3.63, 3.8) is 0 Å². The molecule has 0 radical (unpaired) electrons. The minimum Gasteiger partial charge on any atom is -0.469 e. The highest BCUT2D eigenvalue weighted by atomic mass is 35.5. The molecule has 4 aliphatic rings. The fourth-order valence-corrected chi connectivity index (χ4v) is 7.95. The van der Waals surface area contributed by atoms with Gasteiger partial charge in [0.1, 0.15) is 34.8 Å². The Bertz CT molecular complexity index is 1950. The Morgan fingerprint density at radius 3 is 2.73 bits per heavy atom. The van der Waals surface area contributed by atoms with Crippen LogP contribution in [0.15, 0.2) is 47.6 Å². The molecule has 4 aromatic rings. The summed E-state index contributed by atoms with van der Waals surface area (Å²) < 4.78 is 44.4. The SMILES string of the molecule is C=CC(=O)N1C[C@@H]2C(=O)N3C[C@H]([C@@H]4CCCN4C)Oc4nc5c(F)c(-c6c(F)ccc7ccoc67)c(Cl)cc5c(c43)N2C[C@H]1C. The Hall–Kier alpha value is -4.22. The molecule has 0 N–H and O–H groups in total. The Labute approximate surface area is 262 Å². The summed E-state index contributed by atoms with van der Waals surface area (Å²) in [6, 6.07) is 5.08. The van der Waals surface area contributed by atoms with Gasteiger partial charge >= 0.3 is 0 Å². The van der Waals surface area contributed by atoms with Crippen LogP contribution in [-0.2, 0) is 9.59 Å². The highest BCUT2D eigenvalue weighted by molar-refractivity contribution is 6.35. The zero-order chi connectivity index (χ0) is 31.3. The molecule has 2 aromatic heterocycles. The normalized spacial score (nSPS) is 24.6. The van der Waals surface area contributed by atoms with Gasteiger partial charge in [-0.3, -0.25) is 14.5 Å². The van der Waals surface area contributed by atoms with E-state index in [1.807, 2.05) is 18.9 Å². The molecular formula is C33H30ClF2N5O4. The molecule has 8 rings (SSSR count). The van der Waals surface area contributed by atoms with Crippen molar-refractivity contribution in [3.05, 3.63) is 59.8 Å². The number of pyridine rings is 1. The van der Waals surface area contributed by atoms with Crippen LogP contribution >= 0.6 is 11.6 Å². The van der Waals surface area contributed by atoms with Crippen LogP contribution in [0.2, 0.25) is 5.02 Å². The molecule has 4 atom stereocenters. The zero-order valence-corrected chi connectivity index (χ0v) is 25.5. The minimum atomic E-state index is -0.823. The fourth-order valence-electron chi connectivity index (χ4n) is 7.66. The molecule has 9 nitrogen and oxygen atoms in total. The van der Waals surface area contributed by atoms with E-state index in [4.69, 9.17) is 25.7 Å². The average Bonchev–Trinajstić information content (AvgIpc) is 3.68. The first-order valence-corrected chi connectivity index (χ1v) is 15.5. The second kappa shape index (κ2) is 10.1. The number of carbonyl (C=O) groups excluding carboxylic acids is 2. The van der Waals surface area contributed by atoms with E-state index in [1.165, 1.54) is 18.4 Å². The van der Waals surface area contributed by atoms with Gasteiger partial charge in [0.05, 0.1) is 35.6 Å². The number of hydrogen-bond acceptors (Lipinski definition) is 7. The summed E-state index contributed by atoms with van der Waals surface area (Å²) in [6.07, 6.45) is 4.13. The number of anilines is 2. The standard InChI is InChI=1S/C33H30ClF2N5O4/c1-4-24(42)39-14-22-33(43)41-15-23(21-6-5-10-38(21)3)45-32-30(41)29(40(22)13-16(39)2)18-12-19(34)25(27(36)28(18)37-32)26-20(35)8-7-17-9-11-44-31(17)26/h4,7-9,11-12,16,21-23H,1,5-6,10,13-15H2,2-3H3/t16-,21+,22-,23-/m1/s1. The number of fused-ring (bicyclic) bond motifs is 5. The van der Waals surface area contributed by atoms with Crippen LogP contribution < -0.4 is 14.5 Å². The number of benzene rings is 2. The van der Waals surface area contributed by atoms with E-state index in [-0.39, 0.29) is 70.1 Å². The van der Waals surface area contributed by atoms with Crippen molar-refractivity contribution in [1.82, 2.24) is 14.8 Å². The molecule has 2 saturated heterocycles. The van der Waals surface area contributed by atoms with Gasteiger partial charge in [0.2, 0.25) is 11.8 Å². The van der Waals surface area contributed by atoms with Crippen LogP contribution in [0.25, 0.3) is 33.0 Å². The van der Waals surface area contributed by atoms with E-state index in [9.17, 15) is 9.59 Å². The molecule has 0 bridgehead atoms. The van der Waals surface area contributed by atoms with E-state index in [2.05, 4.69) is 11.5 Å². The molecule has 45 heavy (non-hydrogen) atoms. The third-order valence-electron chi connectivity index (χ3n) is 9.84. The number of amides is 2. The number of nitrogens with zero attached hydrogens (tertiary/aromatic N) is 5. The van der Waals surface area contributed by atoms with Gasteiger partial charge in [-0.2, -0.15) is 0 Å². The van der Waals surface area contributed by atoms with Crippen molar-refractivity contribution >= 4 is 56.7 Å². The lowest BCUT2D eigenvalue weighted by Crippen LogP contribution is -2.67. The van der Waals surface area contributed by atoms with Crippen LogP contribution in [0.1, 0.15) is 19.8 Å². The Balaban J connectivity index is 1.38. The second-order valence-corrected chi connectivity index (χ2v) is 12.7. The molecular weight excluding hydrogens is 604 g/mol. The first-order valence-electron chi connectivity index (χ1n) is 15.1. The monoisotopic (exact) mass is 633 g/mol. The van der Waals surface area contributed by atoms with Crippen LogP contribution in [-0.4, -0.2) is 84.1 Å². The highest BCUT2D eigenvalue weighted by Gasteiger charge is 2.50. The van der Waals surface area contributed by atoms with Crippen LogP contribution in [0, 0.1) is 11.6 Å². The maximum Gasteiger partial charge on any atom is 0.251 e. The summed E-state index contributed by atoms with van der Waals surface area (Å²) in [5, 5.41) is 0.932. The average molecular weight is 634 g/mol. The number of likely N-dealkylation sites (N-methyl/N-ethyl adjacent to an activating group) is 1. The summed E-state index contributed by atoms with van der Waals surface area (Å²) in [5.41, 5.74) is 0.861. The Morgan fingerprint density at radius 2 is 1.98 bits per heavy atom. The van der Waals surface area contributed by atoms with Crippen molar-refractivity contribution in [3.8, 4) is 17.0 Å². The largest absolute Gasteiger partial charge is 0.469 e. The first-order chi connectivity index (χ1) is 21.7. The smallest absolute Gasteiger partial charge is 0.251 e. The third kappa shape index (κ3) is 4.02. The summed E-state index contributed by atoms with van der Waals surface area (Å²) in [5.74, 6) is -1.81.